The van der Waals surface area contributed by atoms with E-state index in [4.69, 9.17) is 0 Å². The Hall–Kier alpha value is -1.39. The molecule has 0 unspecified atom stereocenters. The van der Waals surface area contributed by atoms with E-state index in [1.165, 1.54) is 0 Å². The molecule has 0 fully saturated rings. The van der Waals surface area contributed by atoms with Crippen molar-refractivity contribution in [2.75, 3.05) is 0 Å². The minimum absolute atomic E-state index is 0.154. The van der Waals surface area contributed by atoms with Gasteiger partial charge in [0.05, 0.1) is 5.56 Å². The quantitative estimate of drug-likeness (QED) is 0.508. The van der Waals surface area contributed by atoms with Crippen LogP contribution >= 0.6 is 0 Å². The number of halogens is 4. The van der Waals surface area contributed by atoms with E-state index in [-0.39, 0.29) is 5.56 Å². The van der Waals surface area contributed by atoms with E-state index >= 15 is 0 Å². The molecule has 0 bridgehead atoms. The smallest absolute Gasteiger partial charge is 0.295 e. The van der Waals surface area contributed by atoms with Crippen LogP contribution in [0.15, 0.2) is 18.2 Å². The van der Waals surface area contributed by atoms with E-state index in [2.05, 4.69) is 0 Å². The van der Waals surface area contributed by atoms with Gasteiger partial charge in [0.2, 0.25) is 0 Å². The summed E-state index contributed by atoms with van der Waals surface area (Å²) in [6.07, 6.45) is -4.77. The SMILES string of the molecule is CC(=O)c1ccc([18F])c(C(F)(F)F)c1. The van der Waals surface area contributed by atoms with Gasteiger partial charge in [-0.25, -0.2) is 4.39 Å². The highest BCUT2D eigenvalue weighted by atomic mass is 19.4. The Morgan fingerprint density at radius 3 is 2.29 bits per heavy atom. The first-order valence-corrected chi connectivity index (χ1v) is 3.70. The van der Waals surface area contributed by atoms with Crippen LogP contribution in [0.3, 0.4) is 0 Å². The first-order valence-electron chi connectivity index (χ1n) is 3.70. The highest BCUT2D eigenvalue weighted by molar-refractivity contribution is 5.94. The predicted molar refractivity (Wildman–Crippen MR) is 41.4 cm³/mol. The molecular formula is C9H6F4O. The third-order valence-electron chi connectivity index (χ3n) is 1.68. The Balaban J connectivity index is 3.29. The lowest BCUT2D eigenvalue weighted by molar-refractivity contribution is -0.140. The first kappa shape index (κ1) is 10.7. The summed E-state index contributed by atoms with van der Waals surface area (Å²) in [6, 6.07) is 2.17. The summed E-state index contributed by atoms with van der Waals surface area (Å²) in [5.41, 5.74) is -1.57. The van der Waals surface area contributed by atoms with Gasteiger partial charge < -0.3 is 0 Å². The Bertz CT molecular complexity index is 368. The third kappa shape index (κ3) is 2.10. The van der Waals surface area contributed by atoms with E-state index in [1.54, 1.807) is 0 Å². The topological polar surface area (TPSA) is 17.1 Å². The summed E-state index contributed by atoms with van der Waals surface area (Å²) >= 11 is 0. The van der Waals surface area contributed by atoms with Gasteiger partial charge in [0.25, 0.3) is 0 Å². The van der Waals surface area contributed by atoms with Crippen molar-refractivity contribution in [3.8, 4) is 0 Å². The van der Waals surface area contributed by atoms with Gasteiger partial charge in [0.15, 0.2) is 5.78 Å². The van der Waals surface area contributed by atoms with E-state index < -0.39 is 23.3 Å². The number of hydrogen-bond donors (Lipinski definition) is 0. The molecule has 0 saturated heterocycles. The average molecular weight is 205 g/mol. The maximum atomic E-state index is 12.7. The van der Waals surface area contributed by atoms with Crippen LogP contribution < -0.4 is 0 Å². The summed E-state index contributed by atoms with van der Waals surface area (Å²) in [4.78, 5) is 10.7. The number of benzene rings is 1. The number of alkyl halides is 3. The molecular weight excluding hydrogens is 199 g/mol. The molecule has 1 rings (SSSR count). The fourth-order valence-electron chi connectivity index (χ4n) is 0.962. The fraction of sp³-hybridized carbons (Fsp3) is 0.222. The number of Topliss-reactive ketones (excluding diaryl/α,β-unsaturated/α-hetero) is 1. The largest absolute Gasteiger partial charge is 0.419 e. The van der Waals surface area contributed by atoms with Gasteiger partial charge >= 0.3 is 6.18 Å². The molecule has 0 heterocycles. The summed E-state index contributed by atoms with van der Waals surface area (Å²) in [7, 11) is 0. The van der Waals surface area contributed by atoms with Crippen LogP contribution in [-0.2, 0) is 6.18 Å². The normalized spacial score (nSPS) is 11.5. The number of rotatable bonds is 1. The molecule has 76 valence electrons. The Morgan fingerprint density at radius 2 is 1.86 bits per heavy atom. The second-order valence-electron chi connectivity index (χ2n) is 2.75. The van der Waals surface area contributed by atoms with Crippen LogP contribution in [-0.4, -0.2) is 5.78 Å². The van der Waals surface area contributed by atoms with Crippen LogP contribution in [0, 0.1) is 5.82 Å². The Morgan fingerprint density at radius 1 is 1.29 bits per heavy atom. The van der Waals surface area contributed by atoms with Crippen molar-refractivity contribution in [3.63, 3.8) is 0 Å². The molecule has 0 amide bonds. The maximum Gasteiger partial charge on any atom is 0.419 e. The van der Waals surface area contributed by atoms with Crippen molar-refractivity contribution in [1.82, 2.24) is 0 Å². The first-order chi connectivity index (χ1) is 6.32. The molecule has 0 aromatic heterocycles. The van der Waals surface area contributed by atoms with E-state index in [1.807, 2.05) is 0 Å². The van der Waals surface area contributed by atoms with Gasteiger partial charge in [-0.3, -0.25) is 4.79 Å². The molecule has 1 nitrogen and oxygen atoms in total. The molecule has 0 saturated carbocycles. The summed E-state index contributed by atoms with van der Waals surface area (Å²) in [5.74, 6) is -1.90. The minimum atomic E-state index is -4.77. The zero-order valence-electron chi connectivity index (χ0n) is 7.15. The molecule has 0 aliphatic rings. The number of hydrogen-bond acceptors (Lipinski definition) is 1. The average Bonchev–Trinajstić information content (AvgIpc) is 2.02. The van der Waals surface area contributed by atoms with Crippen molar-refractivity contribution >= 4 is 5.78 Å². The molecule has 0 radical (unpaired) electrons. The van der Waals surface area contributed by atoms with Crippen LogP contribution in [0.4, 0.5) is 17.6 Å². The zero-order valence-corrected chi connectivity index (χ0v) is 7.15. The molecule has 1 aromatic carbocycles. The molecule has 0 aliphatic carbocycles. The molecule has 0 N–H and O–H groups in total. The van der Waals surface area contributed by atoms with E-state index in [0.717, 1.165) is 13.0 Å². The molecule has 0 atom stereocenters. The van der Waals surface area contributed by atoms with Gasteiger partial charge in [-0.2, -0.15) is 13.2 Å². The van der Waals surface area contributed by atoms with Gasteiger partial charge in [0, 0.05) is 5.56 Å². The molecule has 0 aliphatic heterocycles. The lowest BCUT2D eigenvalue weighted by Gasteiger charge is -2.08. The van der Waals surface area contributed by atoms with Gasteiger partial charge in [-0.05, 0) is 25.1 Å². The summed E-state index contributed by atoms with van der Waals surface area (Å²) < 4.78 is 49.1. The van der Waals surface area contributed by atoms with Crippen molar-refractivity contribution in [3.05, 3.63) is 35.1 Å². The maximum absolute atomic E-state index is 12.7. The van der Waals surface area contributed by atoms with E-state index in [9.17, 15) is 22.4 Å². The van der Waals surface area contributed by atoms with Crippen LogP contribution in [0.5, 0.6) is 0 Å². The molecule has 5 heteroatoms. The molecule has 1 aromatic rings. The lowest BCUT2D eigenvalue weighted by atomic mass is 10.1. The van der Waals surface area contributed by atoms with Crippen molar-refractivity contribution in [2.24, 2.45) is 0 Å². The van der Waals surface area contributed by atoms with Crippen LogP contribution in [0.25, 0.3) is 0 Å². The predicted octanol–water partition coefficient (Wildman–Crippen LogP) is 3.05. The number of carbonyl (C=O) groups excluding carboxylic acids is 1. The number of carbonyl (C=O) groups is 1. The zero-order chi connectivity index (χ0) is 10.9. The van der Waals surface area contributed by atoms with Crippen molar-refractivity contribution < 1.29 is 22.4 Å². The second-order valence-corrected chi connectivity index (χ2v) is 2.75. The fourth-order valence-corrected chi connectivity index (χ4v) is 0.962. The Kier molecular flexibility index (Phi) is 2.59. The van der Waals surface area contributed by atoms with Crippen molar-refractivity contribution in [2.45, 2.75) is 13.1 Å². The number of ketones is 1. The monoisotopic (exact) mass is 205 g/mol. The van der Waals surface area contributed by atoms with Crippen LogP contribution in [0.1, 0.15) is 22.8 Å². The molecule has 0 spiro atoms. The standard InChI is InChI=1S/C9H6F4O/c1-5(14)6-2-3-8(10)7(4-6)9(11,12)13/h2-4H,1H3/i10-1. The highest BCUT2D eigenvalue weighted by Gasteiger charge is 2.34. The minimum Gasteiger partial charge on any atom is -0.295 e. The van der Waals surface area contributed by atoms with Crippen LogP contribution in [0.2, 0.25) is 0 Å². The van der Waals surface area contributed by atoms with Gasteiger partial charge in [-0.1, -0.05) is 0 Å². The summed E-state index contributed by atoms with van der Waals surface area (Å²) in [6.45, 7) is 1.12. The van der Waals surface area contributed by atoms with Gasteiger partial charge in [-0.15, -0.1) is 0 Å². The van der Waals surface area contributed by atoms with Crippen molar-refractivity contribution in [1.29, 1.82) is 0 Å². The lowest BCUT2D eigenvalue weighted by Crippen LogP contribution is -2.09. The second kappa shape index (κ2) is 3.40. The molecule has 14 heavy (non-hydrogen) atoms. The van der Waals surface area contributed by atoms with E-state index in [0.29, 0.717) is 12.1 Å². The highest BCUT2D eigenvalue weighted by Crippen LogP contribution is 2.31. The third-order valence-corrected chi connectivity index (χ3v) is 1.68. The Labute approximate surface area is 77.3 Å². The van der Waals surface area contributed by atoms with Gasteiger partial charge in [0.1, 0.15) is 5.82 Å². The summed E-state index contributed by atoms with van der Waals surface area (Å²) in [5, 5.41) is 0.